The van der Waals surface area contributed by atoms with Gasteiger partial charge >= 0.3 is 5.97 Å². The van der Waals surface area contributed by atoms with Crippen LogP contribution in [0.4, 0.5) is 4.39 Å². The van der Waals surface area contributed by atoms with Gasteiger partial charge in [-0.25, -0.2) is 4.39 Å². The molecule has 1 atom stereocenters. The van der Waals surface area contributed by atoms with E-state index in [2.05, 4.69) is 20.9 Å². The normalized spacial score (nSPS) is 18.9. The predicted molar refractivity (Wildman–Crippen MR) is 109 cm³/mol. The van der Waals surface area contributed by atoms with Crippen LogP contribution in [-0.2, 0) is 26.3 Å². The van der Waals surface area contributed by atoms with Crippen LogP contribution in [0, 0.1) is 12.7 Å². The number of aromatic amines is 1. The van der Waals surface area contributed by atoms with Crippen molar-refractivity contribution < 1.29 is 18.7 Å². The van der Waals surface area contributed by atoms with Crippen molar-refractivity contribution >= 4 is 32.8 Å². The SMILES string of the molecule is CCOC(=O)CC1(c2ccccc2)OCCc2c1[nH]c1c(F)cc(C)c(Br)c21. The van der Waals surface area contributed by atoms with E-state index in [0.717, 1.165) is 32.2 Å². The molecule has 1 aliphatic heterocycles. The molecule has 146 valence electrons. The van der Waals surface area contributed by atoms with Gasteiger partial charge in [-0.05, 0) is 59.0 Å². The highest BCUT2D eigenvalue weighted by atomic mass is 79.9. The van der Waals surface area contributed by atoms with Gasteiger partial charge in [-0.1, -0.05) is 30.3 Å². The van der Waals surface area contributed by atoms with E-state index >= 15 is 0 Å². The van der Waals surface area contributed by atoms with Crippen LogP contribution in [-0.4, -0.2) is 24.2 Å². The highest BCUT2D eigenvalue weighted by Crippen LogP contribution is 2.46. The standard InChI is InChI=1S/C22H21BrFNO3/c1-3-27-17(26)12-22(14-7-5-4-6-8-14)21-15(9-10-28-22)18-19(23)13(2)11-16(24)20(18)25-21/h4-8,11,25H,3,9-10,12H2,1-2H3. The molecular formula is C22H21BrFNO3. The number of fused-ring (bicyclic) bond motifs is 3. The van der Waals surface area contributed by atoms with Crippen molar-refractivity contribution in [2.75, 3.05) is 13.2 Å². The Labute approximate surface area is 171 Å². The molecule has 0 aliphatic carbocycles. The summed E-state index contributed by atoms with van der Waals surface area (Å²) in [5, 5.41) is 0.819. The largest absolute Gasteiger partial charge is 0.466 e. The molecular weight excluding hydrogens is 425 g/mol. The smallest absolute Gasteiger partial charge is 0.309 e. The summed E-state index contributed by atoms with van der Waals surface area (Å²) in [6.07, 6.45) is 0.650. The zero-order valence-electron chi connectivity index (χ0n) is 15.8. The molecule has 0 amide bonds. The number of rotatable bonds is 4. The number of H-pyrrole nitrogens is 1. The molecule has 3 aromatic rings. The van der Waals surface area contributed by atoms with Crippen LogP contribution in [0.25, 0.3) is 10.9 Å². The van der Waals surface area contributed by atoms with E-state index in [1.165, 1.54) is 6.07 Å². The first-order chi connectivity index (χ1) is 13.5. The summed E-state index contributed by atoms with van der Waals surface area (Å²) in [5.41, 5.74) is 2.75. The summed E-state index contributed by atoms with van der Waals surface area (Å²) >= 11 is 3.62. The number of hydrogen-bond donors (Lipinski definition) is 1. The average Bonchev–Trinajstić information content (AvgIpc) is 3.09. The molecule has 4 nitrogen and oxygen atoms in total. The van der Waals surface area contributed by atoms with Gasteiger partial charge in [0.05, 0.1) is 30.8 Å². The molecule has 0 bridgehead atoms. The Balaban J connectivity index is 2.00. The van der Waals surface area contributed by atoms with Crippen molar-refractivity contribution in [2.45, 2.75) is 32.3 Å². The maximum atomic E-state index is 14.8. The molecule has 28 heavy (non-hydrogen) atoms. The number of ether oxygens (including phenoxy) is 2. The number of benzene rings is 2. The number of carbonyl (C=O) groups is 1. The molecule has 0 fully saturated rings. The van der Waals surface area contributed by atoms with Crippen LogP contribution in [0.15, 0.2) is 40.9 Å². The molecule has 0 saturated heterocycles. The van der Waals surface area contributed by atoms with Gasteiger partial charge in [-0.3, -0.25) is 4.79 Å². The monoisotopic (exact) mass is 445 g/mol. The number of nitrogens with one attached hydrogen (secondary N) is 1. The molecule has 0 saturated carbocycles. The van der Waals surface area contributed by atoms with Gasteiger partial charge in [0.1, 0.15) is 11.4 Å². The minimum atomic E-state index is -1.04. The lowest BCUT2D eigenvalue weighted by Gasteiger charge is -2.37. The number of aryl methyl sites for hydroxylation is 1. The fourth-order valence-electron chi connectivity index (χ4n) is 4.07. The second-order valence-electron chi connectivity index (χ2n) is 6.99. The zero-order valence-corrected chi connectivity index (χ0v) is 17.4. The lowest BCUT2D eigenvalue weighted by Crippen LogP contribution is -2.39. The number of hydrogen-bond acceptors (Lipinski definition) is 3. The van der Waals surface area contributed by atoms with Crippen molar-refractivity contribution in [2.24, 2.45) is 0 Å². The van der Waals surface area contributed by atoms with Crippen LogP contribution in [0.2, 0.25) is 0 Å². The van der Waals surface area contributed by atoms with E-state index in [4.69, 9.17) is 9.47 Å². The summed E-state index contributed by atoms with van der Waals surface area (Å²) in [6, 6.07) is 11.1. The van der Waals surface area contributed by atoms with Gasteiger partial charge < -0.3 is 14.5 Å². The van der Waals surface area contributed by atoms with E-state index in [9.17, 15) is 9.18 Å². The van der Waals surface area contributed by atoms with Crippen LogP contribution >= 0.6 is 15.9 Å². The quantitative estimate of drug-likeness (QED) is 0.565. The summed E-state index contributed by atoms with van der Waals surface area (Å²) in [4.78, 5) is 15.8. The van der Waals surface area contributed by atoms with Crippen molar-refractivity contribution in [1.82, 2.24) is 4.98 Å². The van der Waals surface area contributed by atoms with Gasteiger partial charge in [0.2, 0.25) is 0 Å². The molecule has 2 heterocycles. The van der Waals surface area contributed by atoms with Gasteiger partial charge in [0.25, 0.3) is 0 Å². The van der Waals surface area contributed by atoms with Crippen molar-refractivity contribution in [1.29, 1.82) is 0 Å². The molecule has 0 radical (unpaired) electrons. The molecule has 4 rings (SSSR count). The highest BCUT2D eigenvalue weighted by Gasteiger charge is 2.44. The average molecular weight is 446 g/mol. The summed E-state index contributed by atoms with van der Waals surface area (Å²) in [7, 11) is 0. The lowest BCUT2D eigenvalue weighted by atomic mass is 9.82. The van der Waals surface area contributed by atoms with Crippen LogP contribution in [0.3, 0.4) is 0 Å². The van der Waals surface area contributed by atoms with E-state index in [1.54, 1.807) is 6.92 Å². The van der Waals surface area contributed by atoms with Crippen LogP contribution in [0.5, 0.6) is 0 Å². The fraction of sp³-hybridized carbons (Fsp3) is 0.318. The van der Waals surface area contributed by atoms with Gasteiger partial charge in [-0.15, -0.1) is 0 Å². The highest BCUT2D eigenvalue weighted by molar-refractivity contribution is 9.10. The number of carbonyl (C=O) groups excluding carboxylic acids is 1. The Morgan fingerprint density at radius 3 is 2.82 bits per heavy atom. The van der Waals surface area contributed by atoms with E-state index in [0.29, 0.717) is 25.2 Å². The molecule has 2 aromatic carbocycles. The van der Waals surface area contributed by atoms with Gasteiger partial charge in [-0.2, -0.15) is 0 Å². The first-order valence-electron chi connectivity index (χ1n) is 9.32. The molecule has 1 aliphatic rings. The maximum absolute atomic E-state index is 14.8. The second-order valence-corrected chi connectivity index (χ2v) is 7.78. The molecule has 1 N–H and O–H groups in total. The third-order valence-electron chi connectivity index (χ3n) is 5.29. The van der Waals surface area contributed by atoms with Gasteiger partial charge in [0.15, 0.2) is 0 Å². The third-order valence-corrected chi connectivity index (χ3v) is 6.32. The van der Waals surface area contributed by atoms with Crippen LogP contribution < -0.4 is 0 Å². The maximum Gasteiger partial charge on any atom is 0.309 e. The first-order valence-corrected chi connectivity index (χ1v) is 10.1. The Kier molecular flexibility index (Phi) is 5.02. The predicted octanol–water partition coefficient (Wildman–Crippen LogP) is 5.15. The van der Waals surface area contributed by atoms with Crippen molar-refractivity contribution in [3.63, 3.8) is 0 Å². The van der Waals surface area contributed by atoms with Gasteiger partial charge in [0, 0.05) is 9.86 Å². The summed E-state index contributed by atoms with van der Waals surface area (Å²) in [5.74, 6) is -0.670. The second kappa shape index (κ2) is 7.33. The summed E-state index contributed by atoms with van der Waals surface area (Å²) < 4.78 is 27.1. The number of esters is 1. The lowest BCUT2D eigenvalue weighted by molar-refractivity contribution is -0.151. The Morgan fingerprint density at radius 2 is 2.11 bits per heavy atom. The van der Waals surface area contributed by atoms with E-state index in [1.807, 2.05) is 37.3 Å². The molecule has 6 heteroatoms. The number of aromatic nitrogens is 1. The summed E-state index contributed by atoms with van der Waals surface area (Å²) in [6.45, 7) is 4.37. The van der Waals surface area contributed by atoms with E-state index < -0.39 is 5.60 Å². The van der Waals surface area contributed by atoms with Crippen LogP contribution in [0.1, 0.15) is 35.7 Å². The topological polar surface area (TPSA) is 51.3 Å². The van der Waals surface area contributed by atoms with Crippen molar-refractivity contribution in [3.8, 4) is 0 Å². The first kappa shape index (κ1) is 19.2. The minimum Gasteiger partial charge on any atom is -0.466 e. The Hall–Kier alpha value is -2.18. The van der Waals surface area contributed by atoms with Crippen molar-refractivity contribution in [3.05, 3.63) is 69.1 Å². The number of halogens is 2. The minimum absolute atomic E-state index is 0.0168. The Morgan fingerprint density at radius 1 is 1.36 bits per heavy atom. The Bertz CT molecular complexity index is 1050. The fourth-order valence-corrected chi connectivity index (χ4v) is 4.62. The molecule has 0 spiro atoms. The third kappa shape index (κ3) is 2.95. The van der Waals surface area contributed by atoms with E-state index in [-0.39, 0.29) is 18.2 Å². The molecule has 1 unspecified atom stereocenters. The zero-order chi connectivity index (χ0) is 19.9. The molecule has 1 aromatic heterocycles.